The van der Waals surface area contributed by atoms with Crippen LogP contribution in [-0.4, -0.2) is 23.2 Å². The zero-order valence-corrected chi connectivity index (χ0v) is 10.7. The van der Waals surface area contributed by atoms with Crippen molar-refractivity contribution in [2.24, 2.45) is 5.73 Å². The first-order chi connectivity index (χ1) is 7.73. The van der Waals surface area contributed by atoms with Gasteiger partial charge in [-0.05, 0) is 17.7 Å². The van der Waals surface area contributed by atoms with Crippen LogP contribution in [0, 0.1) is 0 Å². The molecule has 1 atom stereocenters. The SMILES string of the molecule is CCCCSCC(O)(CN)c1ccccc1. The number of hydrogen-bond acceptors (Lipinski definition) is 3. The molecule has 0 radical (unpaired) electrons. The number of hydrogen-bond donors (Lipinski definition) is 2. The monoisotopic (exact) mass is 239 g/mol. The van der Waals surface area contributed by atoms with E-state index in [9.17, 15) is 5.11 Å². The lowest BCUT2D eigenvalue weighted by molar-refractivity contribution is 0.0721. The quantitative estimate of drug-likeness (QED) is 0.718. The van der Waals surface area contributed by atoms with Crippen molar-refractivity contribution in [1.29, 1.82) is 0 Å². The summed E-state index contributed by atoms with van der Waals surface area (Å²) in [5.41, 5.74) is 5.73. The number of aliphatic hydroxyl groups is 1. The average molecular weight is 239 g/mol. The Labute approximate surface area is 102 Å². The fourth-order valence-electron chi connectivity index (χ4n) is 1.50. The van der Waals surface area contributed by atoms with E-state index < -0.39 is 5.60 Å². The van der Waals surface area contributed by atoms with E-state index in [-0.39, 0.29) is 6.54 Å². The van der Waals surface area contributed by atoms with E-state index in [1.165, 1.54) is 12.8 Å². The van der Waals surface area contributed by atoms with Crippen LogP contribution in [0.3, 0.4) is 0 Å². The highest BCUT2D eigenvalue weighted by Gasteiger charge is 2.26. The van der Waals surface area contributed by atoms with Crippen LogP contribution in [-0.2, 0) is 5.60 Å². The molecular weight excluding hydrogens is 218 g/mol. The highest BCUT2D eigenvalue weighted by molar-refractivity contribution is 7.99. The van der Waals surface area contributed by atoms with Crippen molar-refractivity contribution in [3.8, 4) is 0 Å². The number of rotatable bonds is 7. The van der Waals surface area contributed by atoms with Gasteiger partial charge in [-0.2, -0.15) is 11.8 Å². The van der Waals surface area contributed by atoms with Crippen LogP contribution in [0.15, 0.2) is 30.3 Å². The van der Waals surface area contributed by atoms with Gasteiger partial charge in [-0.25, -0.2) is 0 Å². The predicted molar refractivity (Wildman–Crippen MR) is 71.6 cm³/mol. The van der Waals surface area contributed by atoms with Gasteiger partial charge < -0.3 is 10.8 Å². The van der Waals surface area contributed by atoms with Gasteiger partial charge in [0.15, 0.2) is 0 Å². The molecule has 3 N–H and O–H groups in total. The van der Waals surface area contributed by atoms with Crippen molar-refractivity contribution in [3.63, 3.8) is 0 Å². The molecule has 16 heavy (non-hydrogen) atoms. The maximum absolute atomic E-state index is 10.4. The molecule has 0 aliphatic heterocycles. The minimum atomic E-state index is -0.875. The van der Waals surface area contributed by atoms with Crippen LogP contribution in [0.5, 0.6) is 0 Å². The van der Waals surface area contributed by atoms with Crippen molar-refractivity contribution in [1.82, 2.24) is 0 Å². The van der Waals surface area contributed by atoms with E-state index in [1.807, 2.05) is 30.3 Å². The van der Waals surface area contributed by atoms with Crippen LogP contribution in [0.1, 0.15) is 25.3 Å². The summed E-state index contributed by atoms with van der Waals surface area (Å²) in [5, 5.41) is 10.4. The molecule has 3 heteroatoms. The highest BCUT2D eigenvalue weighted by Crippen LogP contribution is 2.25. The first kappa shape index (κ1) is 13.6. The molecule has 90 valence electrons. The van der Waals surface area contributed by atoms with Gasteiger partial charge in [0.2, 0.25) is 0 Å². The van der Waals surface area contributed by atoms with Gasteiger partial charge in [-0.1, -0.05) is 43.7 Å². The van der Waals surface area contributed by atoms with Gasteiger partial charge in [0, 0.05) is 12.3 Å². The molecule has 0 aliphatic carbocycles. The van der Waals surface area contributed by atoms with E-state index in [4.69, 9.17) is 5.73 Å². The molecular formula is C13H21NOS. The fraction of sp³-hybridized carbons (Fsp3) is 0.538. The van der Waals surface area contributed by atoms with Gasteiger partial charge in [-0.15, -0.1) is 0 Å². The van der Waals surface area contributed by atoms with Crippen molar-refractivity contribution >= 4 is 11.8 Å². The Hall–Kier alpha value is -0.510. The summed E-state index contributed by atoms with van der Waals surface area (Å²) < 4.78 is 0. The molecule has 0 bridgehead atoms. The molecule has 0 amide bonds. The molecule has 2 nitrogen and oxygen atoms in total. The summed E-state index contributed by atoms with van der Waals surface area (Å²) in [6.07, 6.45) is 2.39. The second-order valence-electron chi connectivity index (χ2n) is 4.01. The number of nitrogens with two attached hydrogens (primary N) is 1. The molecule has 1 aromatic carbocycles. The summed E-state index contributed by atoms with van der Waals surface area (Å²) >= 11 is 1.77. The fourth-order valence-corrected chi connectivity index (χ4v) is 2.76. The Morgan fingerprint density at radius 3 is 2.56 bits per heavy atom. The lowest BCUT2D eigenvalue weighted by Crippen LogP contribution is -2.37. The van der Waals surface area contributed by atoms with Crippen LogP contribution in [0.4, 0.5) is 0 Å². The Morgan fingerprint density at radius 2 is 2.00 bits per heavy atom. The predicted octanol–water partition coefficient (Wildman–Crippen LogP) is 2.37. The van der Waals surface area contributed by atoms with E-state index in [1.54, 1.807) is 11.8 Å². The largest absolute Gasteiger partial charge is 0.383 e. The Morgan fingerprint density at radius 1 is 1.31 bits per heavy atom. The van der Waals surface area contributed by atoms with Gasteiger partial charge in [0.25, 0.3) is 0 Å². The van der Waals surface area contributed by atoms with Crippen LogP contribution >= 0.6 is 11.8 Å². The zero-order valence-electron chi connectivity index (χ0n) is 9.86. The van der Waals surface area contributed by atoms with Crippen molar-refractivity contribution in [2.45, 2.75) is 25.4 Å². The van der Waals surface area contributed by atoms with Crippen molar-refractivity contribution in [2.75, 3.05) is 18.1 Å². The highest BCUT2D eigenvalue weighted by atomic mass is 32.2. The van der Waals surface area contributed by atoms with E-state index in [2.05, 4.69) is 6.92 Å². The average Bonchev–Trinajstić information content (AvgIpc) is 2.35. The van der Waals surface area contributed by atoms with Crippen molar-refractivity contribution < 1.29 is 5.11 Å². The summed E-state index contributed by atoms with van der Waals surface area (Å²) in [7, 11) is 0. The molecule has 0 spiro atoms. The minimum absolute atomic E-state index is 0.274. The third-order valence-corrected chi connectivity index (χ3v) is 3.89. The maximum atomic E-state index is 10.4. The molecule has 0 saturated heterocycles. The molecule has 0 aliphatic rings. The van der Waals surface area contributed by atoms with Gasteiger partial charge in [-0.3, -0.25) is 0 Å². The second-order valence-corrected chi connectivity index (χ2v) is 5.11. The molecule has 1 aromatic rings. The molecule has 0 aromatic heterocycles. The first-order valence-electron chi connectivity index (χ1n) is 5.78. The lowest BCUT2D eigenvalue weighted by Gasteiger charge is -2.26. The van der Waals surface area contributed by atoms with Gasteiger partial charge >= 0.3 is 0 Å². The minimum Gasteiger partial charge on any atom is -0.383 e. The topological polar surface area (TPSA) is 46.2 Å². The Balaban J connectivity index is 2.56. The summed E-state index contributed by atoms with van der Waals surface area (Å²) in [6, 6.07) is 9.70. The zero-order chi connectivity index (χ0) is 11.9. The molecule has 1 rings (SSSR count). The Kier molecular flexibility index (Phi) is 5.88. The smallest absolute Gasteiger partial charge is 0.111 e. The normalized spacial score (nSPS) is 14.7. The van der Waals surface area contributed by atoms with E-state index in [0.717, 1.165) is 11.3 Å². The number of thioether (sulfide) groups is 1. The number of unbranched alkanes of at least 4 members (excludes halogenated alkanes) is 1. The second kappa shape index (κ2) is 6.94. The number of benzene rings is 1. The van der Waals surface area contributed by atoms with Crippen molar-refractivity contribution in [3.05, 3.63) is 35.9 Å². The molecule has 1 unspecified atom stereocenters. The van der Waals surface area contributed by atoms with E-state index >= 15 is 0 Å². The van der Waals surface area contributed by atoms with Crippen LogP contribution in [0.25, 0.3) is 0 Å². The van der Waals surface area contributed by atoms with E-state index in [0.29, 0.717) is 5.75 Å². The standard InChI is InChI=1S/C13H21NOS/c1-2-3-9-16-11-13(15,10-14)12-7-5-4-6-8-12/h4-8,15H,2-3,9-11,14H2,1H3. The first-order valence-corrected chi connectivity index (χ1v) is 6.94. The third-order valence-electron chi connectivity index (χ3n) is 2.63. The lowest BCUT2D eigenvalue weighted by atomic mass is 9.96. The van der Waals surface area contributed by atoms with Gasteiger partial charge in [0.05, 0.1) is 0 Å². The van der Waals surface area contributed by atoms with Crippen LogP contribution in [0.2, 0.25) is 0 Å². The maximum Gasteiger partial charge on any atom is 0.111 e. The molecule has 0 saturated carbocycles. The molecule has 0 heterocycles. The molecule has 0 fully saturated rings. The Bertz CT molecular complexity index is 291. The third kappa shape index (κ3) is 3.81. The van der Waals surface area contributed by atoms with Gasteiger partial charge in [0.1, 0.15) is 5.60 Å². The summed E-state index contributed by atoms with van der Waals surface area (Å²) in [4.78, 5) is 0. The summed E-state index contributed by atoms with van der Waals surface area (Å²) in [5.74, 6) is 1.76. The van der Waals surface area contributed by atoms with Crippen LogP contribution < -0.4 is 5.73 Å². The summed E-state index contributed by atoms with van der Waals surface area (Å²) in [6.45, 7) is 2.45.